The number of hydrogen-bond donors (Lipinski definition) is 2. The molecule has 0 saturated carbocycles. The maximum absolute atomic E-state index is 9.39. The second kappa shape index (κ2) is 9.93. The first-order valence-corrected chi connectivity index (χ1v) is 12.0. The lowest BCUT2D eigenvalue weighted by atomic mass is 9.78. The van der Waals surface area contributed by atoms with Gasteiger partial charge in [-0.15, -0.1) is 0 Å². The van der Waals surface area contributed by atoms with Crippen LogP contribution in [0, 0.1) is 16.7 Å². The third kappa shape index (κ3) is 4.49. The number of nitrogens with two attached hydrogens (primary N) is 1. The summed E-state index contributed by atoms with van der Waals surface area (Å²) in [7, 11) is 0. The minimum atomic E-state index is -0.316. The highest BCUT2D eigenvalue weighted by Crippen LogP contribution is 2.40. The predicted octanol–water partition coefficient (Wildman–Crippen LogP) is 4.22. The van der Waals surface area contributed by atoms with Crippen LogP contribution in [0.15, 0.2) is 76.5 Å². The molecule has 180 valence electrons. The molecule has 3 heterocycles. The Hall–Kier alpha value is -4.00. The molecule has 2 aromatic carbocycles. The molecule has 3 aromatic rings. The highest BCUT2D eigenvalue weighted by atomic mass is 79.9. The number of aliphatic imine (C=N–C) groups is 1. The van der Waals surface area contributed by atoms with E-state index in [4.69, 9.17) is 30.3 Å². The zero-order valence-corrected chi connectivity index (χ0v) is 20.8. The molecule has 0 radical (unpaired) electrons. The molecule has 36 heavy (non-hydrogen) atoms. The number of halogens is 1. The van der Waals surface area contributed by atoms with E-state index in [9.17, 15) is 5.26 Å². The van der Waals surface area contributed by atoms with Crippen LogP contribution in [-0.2, 0) is 10.2 Å². The average molecular weight is 544 g/mol. The fourth-order valence-corrected chi connectivity index (χ4v) is 4.61. The van der Waals surface area contributed by atoms with Crippen LogP contribution in [-0.4, -0.2) is 43.1 Å². The van der Waals surface area contributed by atoms with E-state index in [-0.39, 0.29) is 17.9 Å². The Morgan fingerprint density at radius 3 is 2.64 bits per heavy atom. The standard InChI is InChI=1S/C27H22BrN5O3/c28-24-11-17(8-10-32-24)19(7-9-29)25(30)20-3-1-2-4-21(20)26(31)33-13-27(14-34-15-27)18-5-6-22-23(12-18)36-16-35-22/h1-8,10-12,30H,13-16H2,(H2,31,33)/b19-7+,30-25?. The van der Waals surface area contributed by atoms with Crippen LogP contribution in [0.2, 0.25) is 0 Å². The molecule has 0 spiro atoms. The Morgan fingerprint density at radius 2 is 1.92 bits per heavy atom. The number of allylic oxidation sites excluding steroid dienone is 2. The van der Waals surface area contributed by atoms with E-state index in [2.05, 4.69) is 20.9 Å². The second-order valence-electron chi connectivity index (χ2n) is 8.52. The number of hydrogen-bond acceptors (Lipinski definition) is 7. The normalized spacial score (nSPS) is 16.2. The van der Waals surface area contributed by atoms with Crippen LogP contribution in [0.25, 0.3) is 5.57 Å². The fourth-order valence-electron chi connectivity index (χ4n) is 4.25. The number of fused-ring (bicyclic) bond motifs is 1. The molecule has 9 heteroatoms. The van der Waals surface area contributed by atoms with Crippen molar-refractivity contribution in [3.63, 3.8) is 0 Å². The summed E-state index contributed by atoms with van der Waals surface area (Å²) >= 11 is 3.36. The summed E-state index contributed by atoms with van der Waals surface area (Å²) in [6.07, 6.45) is 2.98. The van der Waals surface area contributed by atoms with Crippen LogP contribution in [0.5, 0.6) is 11.5 Å². The van der Waals surface area contributed by atoms with Crippen molar-refractivity contribution < 1.29 is 14.2 Å². The van der Waals surface area contributed by atoms with E-state index >= 15 is 0 Å². The fraction of sp³-hybridized carbons (Fsp3) is 0.185. The first-order chi connectivity index (χ1) is 17.5. The van der Waals surface area contributed by atoms with Crippen molar-refractivity contribution in [2.45, 2.75) is 5.41 Å². The molecule has 3 N–H and O–H groups in total. The van der Waals surface area contributed by atoms with Gasteiger partial charge in [-0.25, -0.2) is 4.98 Å². The van der Waals surface area contributed by atoms with Gasteiger partial charge in [0.25, 0.3) is 0 Å². The molecule has 0 unspecified atom stereocenters. The Bertz CT molecular complexity index is 1440. The summed E-state index contributed by atoms with van der Waals surface area (Å²) < 4.78 is 17.2. The number of nitrogens with one attached hydrogen (secondary N) is 1. The first-order valence-electron chi connectivity index (χ1n) is 11.2. The Balaban J connectivity index is 1.45. The molecule has 8 nitrogen and oxygen atoms in total. The Kier molecular flexibility index (Phi) is 6.55. The van der Waals surface area contributed by atoms with Gasteiger partial charge < -0.3 is 19.9 Å². The molecule has 1 fully saturated rings. The summed E-state index contributed by atoms with van der Waals surface area (Å²) in [5, 5.41) is 18.3. The van der Waals surface area contributed by atoms with Gasteiger partial charge in [-0.05, 0) is 51.3 Å². The number of nitriles is 1. The maximum Gasteiger partial charge on any atom is 0.231 e. The van der Waals surface area contributed by atoms with Gasteiger partial charge in [-0.3, -0.25) is 10.4 Å². The molecule has 1 aromatic heterocycles. The molecule has 0 aliphatic carbocycles. The highest BCUT2D eigenvalue weighted by Gasteiger charge is 2.41. The molecule has 0 bridgehead atoms. The van der Waals surface area contributed by atoms with Gasteiger partial charge in [0.1, 0.15) is 10.4 Å². The van der Waals surface area contributed by atoms with Gasteiger partial charge in [-0.1, -0.05) is 30.3 Å². The summed E-state index contributed by atoms with van der Waals surface area (Å²) in [4.78, 5) is 8.87. The largest absolute Gasteiger partial charge is 0.454 e. The SMILES string of the molecule is N#C/C=C(/C(=N)c1ccccc1C(N)=NCC1(c2ccc3c(c2)OCO3)COC1)c1ccnc(Br)c1. The Morgan fingerprint density at radius 1 is 1.14 bits per heavy atom. The van der Waals surface area contributed by atoms with Crippen molar-refractivity contribution in [3.8, 4) is 17.6 Å². The van der Waals surface area contributed by atoms with Crippen molar-refractivity contribution in [1.82, 2.24) is 4.98 Å². The van der Waals surface area contributed by atoms with Crippen LogP contribution < -0.4 is 15.2 Å². The van der Waals surface area contributed by atoms with Crippen molar-refractivity contribution in [1.29, 1.82) is 10.7 Å². The van der Waals surface area contributed by atoms with Crippen molar-refractivity contribution in [2.24, 2.45) is 10.7 Å². The number of ether oxygens (including phenoxy) is 3. The molecule has 5 rings (SSSR count). The van der Waals surface area contributed by atoms with E-state index in [1.54, 1.807) is 18.3 Å². The zero-order chi connectivity index (χ0) is 25.1. The topological polar surface area (TPSA) is 127 Å². The van der Waals surface area contributed by atoms with Gasteiger partial charge in [0.05, 0.1) is 37.0 Å². The third-order valence-electron chi connectivity index (χ3n) is 6.28. The lowest BCUT2D eigenvalue weighted by Crippen LogP contribution is -2.49. The number of aromatic nitrogens is 1. The second-order valence-corrected chi connectivity index (χ2v) is 9.33. The lowest BCUT2D eigenvalue weighted by molar-refractivity contribution is -0.0548. The minimum Gasteiger partial charge on any atom is -0.454 e. The quantitative estimate of drug-likeness (QED) is 0.199. The summed E-state index contributed by atoms with van der Waals surface area (Å²) in [5.74, 6) is 1.76. The van der Waals surface area contributed by atoms with Gasteiger partial charge in [-0.2, -0.15) is 5.26 Å². The summed E-state index contributed by atoms with van der Waals surface area (Å²) in [6, 6.07) is 18.8. The van der Waals surface area contributed by atoms with Crippen molar-refractivity contribution in [3.05, 3.63) is 93.7 Å². The van der Waals surface area contributed by atoms with Crippen LogP contribution in [0.3, 0.4) is 0 Å². The van der Waals surface area contributed by atoms with Crippen molar-refractivity contribution >= 4 is 33.1 Å². The molecule has 2 aliphatic rings. The van der Waals surface area contributed by atoms with Crippen LogP contribution in [0.4, 0.5) is 0 Å². The lowest BCUT2D eigenvalue weighted by Gasteiger charge is -2.41. The number of rotatable bonds is 7. The monoisotopic (exact) mass is 543 g/mol. The summed E-state index contributed by atoms with van der Waals surface area (Å²) in [6.45, 7) is 1.67. The first kappa shape index (κ1) is 23.7. The average Bonchev–Trinajstić information content (AvgIpc) is 3.34. The third-order valence-corrected chi connectivity index (χ3v) is 6.72. The van der Waals surface area contributed by atoms with E-state index in [0.29, 0.717) is 58.2 Å². The summed E-state index contributed by atoms with van der Waals surface area (Å²) in [5.41, 5.74) is 9.76. The van der Waals surface area contributed by atoms with Crippen LogP contribution >= 0.6 is 15.9 Å². The van der Waals surface area contributed by atoms with E-state index in [0.717, 1.165) is 11.3 Å². The number of amidine groups is 1. The van der Waals surface area contributed by atoms with Gasteiger partial charge >= 0.3 is 0 Å². The van der Waals surface area contributed by atoms with Gasteiger partial charge in [0.2, 0.25) is 6.79 Å². The molecule has 0 atom stereocenters. The van der Waals surface area contributed by atoms with E-state index in [1.807, 2.05) is 48.5 Å². The molecule has 2 aliphatic heterocycles. The van der Waals surface area contributed by atoms with Crippen molar-refractivity contribution in [2.75, 3.05) is 26.6 Å². The van der Waals surface area contributed by atoms with E-state index in [1.165, 1.54) is 6.08 Å². The maximum atomic E-state index is 9.39. The number of benzene rings is 2. The van der Waals surface area contributed by atoms with Gasteiger partial charge in [0, 0.05) is 29.0 Å². The van der Waals surface area contributed by atoms with Gasteiger partial charge in [0.15, 0.2) is 11.5 Å². The minimum absolute atomic E-state index is 0.167. The predicted molar refractivity (Wildman–Crippen MR) is 139 cm³/mol. The smallest absolute Gasteiger partial charge is 0.231 e. The highest BCUT2D eigenvalue weighted by molar-refractivity contribution is 9.10. The molecular formula is C27H22BrN5O3. The molecule has 0 amide bonds. The zero-order valence-electron chi connectivity index (χ0n) is 19.2. The Labute approximate surface area is 216 Å². The number of pyridine rings is 1. The molecular weight excluding hydrogens is 522 g/mol. The van der Waals surface area contributed by atoms with Crippen LogP contribution in [0.1, 0.15) is 22.3 Å². The van der Waals surface area contributed by atoms with E-state index < -0.39 is 0 Å². The molecule has 1 saturated heterocycles. The number of nitrogens with zero attached hydrogens (tertiary/aromatic N) is 3.